The van der Waals surface area contributed by atoms with Crippen molar-refractivity contribution in [1.29, 1.82) is 0 Å². The van der Waals surface area contributed by atoms with Crippen LogP contribution in [0.2, 0.25) is 5.02 Å². The van der Waals surface area contributed by atoms with E-state index >= 15 is 0 Å². The molecule has 0 aliphatic rings. The third kappa shape index (κ3) is 2.97. The molecule has 0 aliphatic heterocycles. The molecule has 3 nitrogen and oxygen atoms in total. The second kappa shape index (κ2) is 5.33. The Hall–Kier alpha value is -1.65. The Morgan fingerprint density at radius 1 is 1.33 bits per heavy atom. The van der Waals surface area contributed by atoms with Gasteiger partial charge in [0.15, 0.2) is 0 Å². The highest BCUT2D eigenvalue weighted by atomic mass is 35.5. The summed E-state index contributed by atoms with van der Waals surface area (Å²) in [6.45, 7) is 1.94. The van der Waals surface area contributed by atoms with E-state index in [1.54, 1.807) is 18.3 Å². The fourth-order valence-electron chi connectivity index (χ4n) is 1.53. The maximum Gasteiger partial charge on any atom is 0.106 e. The van der Waals surface area contributed by atoms with Gasteiger partial charge in [-0.3, -0.25) is 4.98 Å². The molecule has 0 spiro atoms. The molecule has 0 aliphatic carbocycles. The van der Waals surface area contributed by atoms with Crippen molar-refractivity contribution in [2.75, 3.05) is 5.32 Å². The van der Waals surface area contributed by atoms with Crippen LogP contribution in [0.5, 0.6) is 0 Å². The number of benzene rings is 1. The minimum absolute atomic E-state index is 0.306. The van der Waals surface area contributed by atoms with Gasteiger partial charge in [-0.05, 0) is 37.3 Å². The van der Waals surface area contributed by atoms with Gasteiger partial charge < -0.3 is 11.1 Å². The van der Waals surface area contributed by atoms with Gasteiger partial charge in [-0.25, -0.2) is 0 Å². The molecule has 2 rings (SSSR count). The average Bonchev–Trinajstić information content (AvgIpc) is 2.34. The minimum atomic E-state index is 0.306. The summed E-state index contributed by atoms with van der Waals surface area (Å²) in [4.78, 5) is 4.52. The van der Waals surface area contributed by atoms with Crippen LogP contribution in [-0.2, 0) is 0 Å². The smallest absolute Gasteiger partial charge is 0.106 e. The minimum Gasteiger partial charge on any atom is -0.389 e. The Bertz CT molecular complexity index is 581. The third-order valence-electron chi connectivity index (χ3n) is 2.44. The molecule has 0 amide bonds. The zero-order valence-corrected chi connectivity index (χ0v) is 11.3. The van der Waals surface area contributed by atoms with Crippen LogP contribution in [0.3, 0.4) is 0 Å². The van der Waals surface area contributed by atoms with E-state index in [2.05, 4.69) is 10.3 Å². The zero-order valence-electron chi connectivity index (χ0n) is 9.77. The van der Waals surface area contributed by atoms with Gasteiger partial charge in [0.2, 0.25) is 0 Å². The first-order valence-corrected chi connectivity index (χ1v) is 6.14. The number of thiocarbonyl (C=S) groups is 1. The highest BCUT2D eigenvalue weighted by Gasteiger charge is 2.06. The molecule has 0 bridgehead atoms. The average molecular weight is 278 g/mol. The van der Waals surface area contributed by atoms with E-state index in [4.69, 9.17) is 29.6 Å². The Kier molecular flexibility index (Phi) is 3.79. The predicted octanol–water partition coefficient (Wildman–Crippen LogP) is 3.42. The first-order chi connectivity index (χ1) is 8.56. The van der Waals surface area contributed by atoms with Crippen LogP contribution >= 0.6 is 23.8 Å². The lowest BCUT2D eigenvalue weighted by molar-refractivity contribution is 1.20. The quantitative estimate of drug-likeness (QED) is 0.844. The summed E-state index contributed by atoms with van der Waals surface area (Å²) in [5.41, 5.74) is 9.06. The van der Waals surface area contributed by atoms with Crippen LogP contribution in [0.15, 0.2) is 36.5 Å². The molecular weight excluding hydrogens is 266 g/mol. The van der Waals surface area contributed by atoms with E-state index in [1.807, 2.05) is 25.1 Å². The molecule has 5 heteroatoms. The maximum absolute atomic E-state index is 5.93. The van der Waals surface area contributed by atoms with E-state index < -0.39 is 0 Å². The topological polar surface area (TPSA) is 50.9 Å². The molecule has 0 saturated heterocycles. The number of hydrogen-bond donors (Lipinski definition) is 2. The van der Waals surface area contributed by atoms with E-state index in [0.29, 0.717) is 10.0 Å². The number of anilines is 2. The van der Waals surface area contributed by atoms with Crippen LogP contribution in [0, 0.1) is 6.92 Å². The number of rotatable bonds is 3. The Morgan fingerprint density at radius 3 is 2.72 bits per heavy atom. The third-order valence-corrected chi connectivity index (χ3v) is 2.89. The van der Waals surface area contributed by atoms with E-state index in [0.717, 1.165) is 22.6 Å². The fourth-order valence-corrected chi connectivity index (χ4v) is 1.87. The number of aryl methyl sites for hydroxylation is 1. The molecule has 1 aromatic heterocycles. The van der Waals surface area contributed by atoms with Gasteiger partial charge in [0.05, 0.1) is 11.9 Å². The summed E-state index contributed by atoms with van der Waals surface area (Å²) in [5.74, 6) is 0. The van der Waals surface area contributed by atoms with Crippen molar-refractivity contribution in [2.45, 2.75) is 6.92 Å². The molecule has 0 unspecified atom stereocenters. The summed E-state index contributed by atoms with van der Waals surface area (Å²) in [6, 6.07) is 9.25. The standard InChI is InChI=1S/C13H12ClN3S/c1-8-2-4-10(7-16-8)17-12-5-3-9(14)6-11(12)13(15)18/h2-7,17H,1H3,(H2,15,18). The SMILES string of the molecule is Cc1ccc(Nc2ccc(Cl)cc2C(N)=S)cn1. The summed E-state index contributed by atoms with van der Waals surface area (Å²) in [5, 5.41) is 3.82. The summed E-state index contributed by atoms with van der Waals surface area (Å²) in [6.07, 6.45) is 1.76. The van der Waals surface area contributed by atoms with E-state index in [9.17, 15) is 0 Å². The van der Waals surface area contributed by atoms with Gasteiger partial charge in [0, 0.05) is 22.0 Å². The molecule has 0 radical (unpaired) electrons. The van der Waals surface area contributed by atoms with Crippen LogP contribution in [0.25, 0.3) is 0 Å². The number of halogens is 1. The molecule has 0 atom stereocenters. The lowest BCUT2D eigenvalue weighted by Crippen LogP contribution is -2.12. The van der Waals surface area contributed by atoms with Crippen LogP contribution in [0.1, 0.15) is 11.3 Å². The molecule has 3 N–H and O–H groups in total. The Balaban J connectivity index is 2.34. The highest BCUT2D eigenvalue weighted by molar-refractivity contribution is 7.80. The van der Waals surface area contributed by atoms with Crippen molar-refractivity contribution in [3.63, 3.8) is 0 Å². The predicted molar refractivity (Wildman–Crippen MR) is 79.6 cm³/mol. The number of nitrogens with one attached hydrogen (secondary N) is 1. The molecule has 1 heterocycles. The number of aromatic nitrogens is 1. The molecular formula is C13H12ClN3S. The van der Waals surface area contributed by atoms with Crippen molar-refractivity contribution in [1.82, 2.24) is 4.98 Å². The van der Waals surface area contributed by atoms with Gasteiger partial charge in [-0.15, -0.1) is 0 Å². The van der Waals surface area contributed by atoms with Crippen LogP contribution in [-0.4, -0.2) is 9.97 Å². The second-order valence-electron chi connectivity index (χ2n) is 3.87. The van der Waals surface area contributed by atoms with Crippen molar-refractivity contribution in [2.24, 2.45) is 5.73 Å². The molecule has 18 heavy (non-hydrogen) atoms. The first-order valence-electron chi connectivity index (χ1n) is 5.35. The van der Waals surface area contributed by atoms with Crippen molar-refractivity contribution in [3.8, 4) is 0 Å². The summed E-state index contributed by atoms with van der Waals surface area (Å²) in [7, 11) is 0. The van der Waals surface area contributed by atoms with Gasteiger partial charge in [-0.2, -0.15) is 0 Å². The second-order valence-corrected chi connectivity index (χ2v) is 4.74. The summed E-state index contributed by atoms with van der Waals surface area (Å²) >= 11 is 10.9. The largest absolute Gasteiger partial charge is 0.389 e. The number of pyridine rings is 1. The molecule has 1 aromatic carbocycles. The number of nitrogens with zero attached hydrogens (tertiary/aromatic N) is 1. The number of hydrogen-bond acceptors (Lipinski definition) is 3. The highest BCUT2D eigenvalue weighted by Crippen LogP contribution is 2.24. The van der Waals surface area contributed by atoms with Gasteiger partial charge >= 0.3 is 0 Å². The lowest BCUT2D eigenvalue weighted by Gasteiger charge is -2.11. The Labute approximate surface area is 116 Å². The monoisotopic (exact) mass is 277 g/mol. The van der Waals surface area contributed by atoms with Gasteiger partial charge in [-0.1, -0.05) is 23.8 Å². The number of nitrogens with two attached hydrogens (primary N) is 1. The summed E-state index contributed by atoms with van der Waals surface area (Å²) < 4.78 is 0. The maximum atomic E-state index is 5.93. The van der Waals surface area contributed by atoms with Crippen molar-refractivity contribution < 1.29 is 0 Å². The molecule has 2 aromatic rings. The first kappa shape index (κ1) is 12.8. The fraction of sp³-hybridized carbons (Fsp3) is 0.0769. The molecule has 0 fully saturated rings. The van der Waals surface area contributed by atoms with Gasteiger partial charge in [0.25, 0.3) is 0 Å². The van der Waals surface area contributed by atoms with Crippen LogP contribution in [0.4, 0.5) is 11.4 Å². The van der Waals surface area contributed by atoms with E-state index in [-0.39, 0.29) is 0 Å². The zero-order chi connectivity index (χ0) is 13.1. The normalized spacial score (nSPS) is 10.1. The molecule has 92 valence electrons. The van der Waals surface area contributed by atoms with E-state index in [1.165, 1.54) is 0 Å². The lowest BCUT2D eigenvalue weighted by atomic mass is 10.1. The Morgan fingerprint density at radius 2 is 2.11 bits per heavy atom. The molecule has 0 saturated carbocycles. The van der Waals surface area contributed by atoms with Gasteiger partial charge in [0.1, 0.15) is 4.99 Å². The van der Waals surface area contributed by atoms with Crippen molar-refractivity contribution in [3.05, 3.63) is 52.8 Å². The van der Waals surface area contributed by atoms with Crippen molar-refractivity contribution >= 4 is 40.2 Å². The van der Waals surface area contributed by atoms with Crippen LogP contribution < -0.4 is 11.1 Å².